The first-order valence-corrected chi connectivity index (χ1v) is 9.26. The summed E-state index contributed by atoms with van der Waals surface area (Å²) in [7, 11) is -2.01. The van der Waals surface area contributed by atoms with Crippen molar-refractivity contribution in [2.75, 3.05) is 25.1 Å². The minimum Gasteiger partial charge on any atom is -0.495 e. The Morgan fingerprint density at radius 3 is 2.61 bits per heavy atom. The summed E-state index contributed by atoms with van der Waals surface area (Å²) in [5.41, 5.74) is 0.609. The molecule has 0 unspecified atom stereocenters. The highest BCUT2D eigenvalue weighted by atomic mass is 32.2. The minimum absolute atomic E-state index is 0.109. The van der Waals surface area contributed by atoms with Gasteiger partial charge in [-0.1, -0.05) is 18.2 Å². The van der Waals surface area contributed by atoms with Gasteiger partial charge in [0.15, 0.2) is 0 Å². The van der Waals surface area contributed by atoms with Crippen LogP contribution in [0.2, 0.25) is 0 Å². The molecule has 2 rings (SSSR count). The lowest BCUT2D eigenvalue weighted by atomic mass is 10.2. The van der Waals surface area contributed by atoms with Gasteiger partial charge in [-0.2, -0.15) is 0 Å². The molecule has 0 atom stereocenters. The molecular weight excluding hydrogens is 336 g/mol. The van der Waals surface area contributed by atoms with Crippen molar-refractivity contribution in [3.05, 3.63) is 41.8 Å². The summed E-state index contributed by atoms with van der Waals surface area (Å²) < 4.78 is 32.2. The molecule has 1 N–H and O–H groups in total. The molecule has 23 heavy (non-hydrogen) atoms. The number of anilines is 1. The molecule has 0 saturated heterocycles. The van der Waals surface area contributed by atoms with Crippen LogP contribution >= 0.6 is 11.3 Å². The summed E-state index contributed by atoms with van der Waals surface area (Å²) >= 11 is 1.15. The molecule has 6 nitrogen and oxygen atoms in total. The first kappa shape index (κ1) is 17.5. The average Bonchev–Trinajstić information content (AvgIpc) is 3.06. The van der Waals surface area contributed by atoms with Crippen LogP contribution in [0.3, 0.4) is 0 Å². The quantitative estimate of drug-likeness (QED) is 0.826. The number of ether oxygens (including phenoxy) is 1. The van der Waals surface area contributed by atoms with E-state index in [1.54, 1.807) is 35.7 Å². The van der Waals surface area contributed by atoms with Gasteiger partial charge in [-0.15, -0.1) is 11.3 Å². The van der Waals surface area contributed by atoms with Crippen LogP contribution in [0, 0.1) is 0 Å². The highest BCUT2D eigenvalue weighted by Gasteiger charge is 2.18. The van der Waals surface area contributed by atoms with E-state index >= 15 is 0 Å². The third kappa shape index (κ3) is 4.31. The zero-order chi connectivity index (χ0) is 16.9. The summed E-state index contributed by atoms with van der Waals surface area (Å²) in [5, 5.41) is 1.70. The van der Waals surface area contributed by atoms with Gasteiger partial charge in [-0.25, -0.2) is 13.1 Å². The largest absolute Gasteiger partial charge is 0.495 e. The van der Waals surface area contributed by atoms with Crippen LogP contribution in [0.25, 0.3) is 0 Å². The first-order chi connectivity index (χ1) is 11.0. The van der Waals surface area contributed by atoms with Crippen LogP contribution in [0.5, 0.6) is 5.75 Å². The fourth-order valence-electron chi connectivity index (χ4n) is 2.08. The van der Waals surface area contributed by atoms with Gasteiger partial charge in [-0.05, 0) is 23.6 Å². The number of nitrogens with zero attached hydrogens (tertiary/aromatic N) is 1. The van der Waals surface area contributed by atoms with Crippen LogP contribution in [0.15, 0.2) is 46.0 Å². The van der Waals surface area contributed by atoms with E-state index in [4.69, 9.17) is 4.74 Å². The second-order valence-corrected chi connectivity index (χ2v) is 7.61. The Bertz CT molecular complexity index is 758. The number of hydrogen-bond acceptors (Lipinski definition) is 5. The number of para-hydroxylation sites is 2. The smallest absolute Gasteiger partial charge is 0.250 e. The average molecular weight is 354 g/mol. The van der Waals surface area contributed by atoms with Crippen molar-refractivity contribution in [3.8, 4) is 5.75 Å². The van der Waals surface area contributed by atoms with Gasteiger partial charge in [0, 0.05) is 20.0 Å². The van der Waals surface area contributed by atoms with Gasteiger partial charge in [-0.3, -0.25) is 4.79 Å². The number of benzene rings is 1. The molecule has 0 fully saturated rings. The van der Waals surface area contributed by atoms with Crippen LogP contribution in [0.1, 0.15) is 6.92 Å². The number of rotatable bonds is 7. The predicted molar refractivity (Wildman–Crippen MR) is 90.5 cm³/mol. The molecule has 0 aliphatic rings. The molecule has 1 amide bonds. The van der Waals surface area contributed by atoms with Crippen molar-refractivity contribution < 1.29 is 17.9 Å². The zero-order valence-electron chi connectivity index (χ0n) is 12.9. The standard InChI is InChI=1S/C15H18N2O4S2/c1-12(18)17(13-6-3-4-7-14(13)21-2)10-9-16-23(19,20)15-8-5-11-22-15/h3-8,11,16H,9-10H2,1-2H3. The van der Waals surface area contributed by atoms with Crippen LogP contribution in [-0.4, -0.2) is 34.5 Å². The Balaban J connectivity index is 2.08. The van der Waals surface area contributed by atoms with E-state index in [1.165, 1.54) is 25.0 Å². The summed E-state index contributed by atoms with van der Waals surface area (Å²) in [4.78, 5) is 13.4. The number of amides is 1. The number of hydrogen-bond donors (Lipinski definition) is 1. The lowest BCUT2D eigenvalue weighted by Crippen LogP contribution is -2.37. The van der Waals surface area contributed by atoms with Gasteiger partial charge in [0.05, 0.1) is 12.8 Å². The summed E-state index contributed by atoms with van der Waals surface area (Å²) in [6.45, 7) is 1.75. The second kappa shape index (κ2) is 7.58. The first-order valence-electron chi connectivity index (χ1n) is 6.90. The van der Waals surface area contributed by atoms with Gasteiger partial charge < -0.3 is 9.64 Å². The number of methoxy groups -OCH3 is 1. The van der Waals surface area contributed by atoms with Crippen LogP contribution < -0.4 is 14.4 Å². The predicted octanol–water partition coefficient (Wildman–Crippen LogP) is 2.09. The molecule has 1 heterocycles. The van der Waals surface area contributed by atoms with Crippen LogP contribution in [0.4, 0.5) is 5.69 Å². The summed E-state index contributed by atoms with van der Waals surface area (Å²) in [6, 6.07) is 10.3. The lowest BCUT2D eigenvalue weighted by Gasteiger charge is -2.23. The maximum absolute atomic E-state index is 12.1. The Morgan fingerprint density at radius 1 is 1.26 bits per heavy atom. The van der Waals surface area contributed by atoms with Crippen molar-refractivity contribution in [2.45, 2.75) is 11.1 Å². The van der Waals surface area contributed by atoms with Crippen LogP contribution in [-0.2, 0) is 14.8 Å². The third-order valence-electron chi connectivity index (χ3n) is 3.14. The maximum atomic E-state index is 12.1. The van der Waals surface area contributed by atoms with E-state index in [-0.39, 0.29) is 23.2 Å². The number of nitrogens with one attached hydrogen (secondary N) is 1. The Morgan fingerprint density at radius 2 is 2.00 bits per heavy atom. The van der Waals surface area contributed by atoms with Crippen molar-refractivity contribution in [3.63, 3.8) is 0 Å². The van der Waals surface area contributed by atoms with E-state index in [1.807, 2.05) is 0 Å². The second-order valence-electron chi connectivity index (χ2n) is 4.67. The fraction of sp³-hybridized carbons (Fsp3) is 0.267. The Kier molecular flexibility index (Phi) is 5.75. The van der Waals surface area contributed by atoms with E-state index in [9.17, 15) is 13.2 Å². The lowest BCUT2D eigenvalue weighted by molar-refractivity contribution is -0.116. The van der Waals surface area contributed by atoms with Gasteiger partial charge >= 0.3 is 0 Å². The molecule has 1 aromatic carbocycles. The number of thiophene rings is 1. The molecule has 0 aliphatic carbocycles. The normalized spacial score (nSPS) is 11.2. The molecule has 124 valence electrons. The molecule has 0 radical (unpaired) electrons. The fourth-order valence-corrected chi connectivity index (χ4v) is 4.14. The van der Waals surface area contributed by atoms with Crippen molar-refractivity contribution in [1.29, 1.82) is 0 Å². The molecule has 8 heteroatoms. The zero-order valence-corrected chi connectivity index (χ0v) is 14.5. The van der Waals surface area contributed by atoms with E-state index in [0.717, 1.165) is 11.3 Å². The number of carbonyl (C=O) groups excluding carboxylic acids is 1. The molecule has 1 aromatic heterocycles. The summed E-state index contributed by atoms with van der Waals surface area (Å²) in [5.74, 6) is 0.369. The van der Waals surface area contributed by atoms with E-state index in [0.29, 0.717) is 11.4 Å². The Hall–Kier alpha value is -1.90. The molecule has 0 spiro atoms. The van der Waals surface area contributed by atoms with Gasteiger partial charge in [0.1, 0.15) is 9.96 Å². The van der Waals surface area contributed by atoms with Crippen molar-refractivity contribution >= 4 is 33.0 Å². The Labute approximate surface area is 139 Å². The highest BCUT2D eigenvalue weighted by molar-refractivity contribution is 7.91. The van der Waals surface area contributed by atoms with Gasteiger partial charge in [0.2, 0.25) is 15.9 Å². The molecule has 0 bridgehead atoms. The molecule has 0 saturated carbocycles. The third-order valence-corrected chi connectivity index (χ3v) is 6.00. The topological polar surface area (TPSA) is 75.7 Å². The summed E-state index contributed by atoms with van der Waals surface area (Å²) in [6.07, 6.45) is 0. The molecular formula is C15H18N2O4S2. The monoisotopic (exact) mass is 354 g/mol. The minimum atomic E-state index is -3.54. The maximum Gasteiger partial charge on any atom is 0.250 e. The number of sulfonamides is 1. The highest BCUT2D eigenvalue weighted by Crippen LogP contribution is 2.27. The molecule has 2 aromatic rings. The van der Waals surface area contributed by atoms with Gasteiger partial charge in [0.25, 0.3) is 0 Å². The van der Waals surface area contributed by atoms with Crippen molar-refractivity contribution in [2.24, 2.45) is 0 Å². The number of carbonyl (C=O) groups is 1. The molecule has 0 aliphatic heterocycles. The van der Waals surface area contributed by atoms with E-state index < -0.39 is 10.0 Å². The SMILES string of the molecule is COc1ccccc1N(CCNS(=O)(=O)c1cccs1)C(C)=O. The van der Waals surface area contributed by atoms with E-state index in [2.05, 4.69) is 4.72 Å². The van der Waals surface area contributed by atoms with Crippen molar-refractivity contribution in [1.82, 2.24) is 4.72 Å².